The molecule has 1 heteroatoms. The molecule has 0 saturated heterocycles. The molecule has 2 saturated carbocycles. The van der Waals surface area contributed by atoms with Crippen LogP contribution in [0.3, 0.4) is 0 Å². The Morgan fingerprint density at radius 3 is 1.44 bits per heavy atom. The first-order valence-corrected chi connectivity index (χ1v) is 10.7. The maximum absolute atomic E-state index is 6.46. The molecule has 3 rings (SSSR count). The number of benzene rings is 1. The first kappa shape index (κ1) is 22.6. The molecule has 0 spiro atoms. The SMILES string of the molecule is C1CCCCC1.CC1CCC(C)(C)C(C)(Cl)C1.Cc1ccc(C)cc1. The minimum Gasteiger partial charge on any atom is -0.119 e. The summed E-state index contributed by atoms with van der Waals surface area (Å²) in [4.78, 5) is 0.0185. The Balaban J connectivity index is 0.000000197. The minimum atomic E-state index is 0.0185. The fraction of sp³-hybridized carbons (Fsp3) is 0.750. The van der Waals surface area contributed by atoms with Crippen LogP contribution in [0.25, 0.3) is 0 Å². The summed E-state index contributed by atoms with van der Waals surface area (Å²) in [5.74, 6) is 0.811. The van der Waals surface area contributed by atoms with Crippen LogP contribution < -0.4 is 0 Å². The molecule has 0 radical (unpaired) electrons. The van der Waals surface area contributed by atoms with Crippen molar-refractivity contribution in [2.75, 3.05) is 0 Å². The largest absolute Gasteiger partial charge is 0.119 e. The molecule has 2 aliphatic rings. The van der Waals surface area contributed by atoms with E-state index in [0.29, 0.717) is 5.41 Å². The van der Waals surface area contributed by atoms with Crippen molar-refractivity contribution >= 4 is 11.6 Å². The molecule has 0 nitrogen and oxygen atoms in total. The van der Waals surface area contributed by atoms with Gasteiger partial charge in [0.05, 0.1) is 0 Å². The maximum Gasteiger partial charge on any atom is 0.0472 e. The minimum absolute atomic E-state index is 0.0185. The van der Waals surface area contributed by atoms with Crippen molar-refractivity contribution in [1.82, 2.24) is 0 Å². The van der Waals surface area contributed by atoms with Crippen LogP contribution in [0.15, 0.2) is 24.3 Å². The highest BCUT2D eigenvalue weighted by Gasteiger charge is 2.43. The van der Waals surface area contributed by atoms with E-state index in [2.05, 4.69) is 65.8 Å². The zero-order valence-corrected chi connectivity index (χ0v) is 18.4. The molecule has 0 N–H and O–H groups in total. The second-order valence-electron chi connectivity index (χ2n) is 9.21. The monoisotopic (exact) mass is 364 g/mol. The lowest BCUT2D eigenvalue weighted by Gasteiger charge is -2.46. The molecule has 1 aromatic rings. The quantitative estimate of drug-likeness (QED) is 0.405. The van der Waals surface area contributed by atoms with Crippen molar-refractivity contribution in [3.63, 3.8) is 0 Å². The van der Waals surface area contributed by atoms with Gasteiger partial charge >= 0.3 is 0 Å². The van der Waals surface area contributed by atoms with E-state index in [0.717, 1.165) is 5.92 Å². The summed E-state index contributed by atoms with van der Waals surface area (Å²) in [6.45, 7) is 13.2. The Morgan fingerprint density at radius 1 is 0.800 bits per heavy atom. The smallest absolute Gasteiger partial charge is 0.0472 e. The summed E-state index contributed by atoms with van der Waals surface area (Å²) in [5.41, 5.74) is 2.98. The fourth-order valence-electron chi connectivity index (χ4n) is 3.60. The molecule has 2 aliphatic carbocycles. The predicted molar refractivity (Wildman–Crippen MR) is 115 cm³/mol. The summed E-state index contributed by atoms with van der Waals surface area (Å²) in [6.07, 6.45) is 12.8. The van der Waals surface area contributed by atoms with Crippen LogP contribution in [0.5, 0.6) is 0 Å². The van der Waals surface area contributed by atoms with Gasteiger partial charge in [-0.2, -0.15) is 0 Å². The highest BCUT2D eigenvalue weighted by Crippen LogP contribution is 2.49. The normalized spacial score (nSPS) is 28.0. The molecule has 1 aromatic carbocycles. The number of hydrogen-bond acceptors (Lipinski definition) is 0. The third-order valence-corrected chi connectivity index (χ3v) is 6.79. The molecule has 144 valence electrons. The fourth-order valence-corrected chi connectivity index (χ4v) is 3.96. The van der Waals surface area contributed by atoms with Gasteiger partial charge in [-0.05, 0) is 44.9 Å². The number of aryl methyl sites for hydroxylation is 2. The van der Waals surface area contributed by atoms with Crippen LogP contribution in [0, 0.1) is 25.2 Å². The number of hydrogen-bond donors (Lipinski definition) is 0. The second kappa shape index (κ2) is 10.6. The second-order valence-corrected chi connectivity index (χ2v) is 10.0. The first-order valence-electron chi connectivity index (χ1n) is 10.4. The van der Waals surface area contributed by atoms with Gasteiger partial charge in [-0.15, -0.1) is 11.6 Å². The highest BCUT2D eigenvalue weighted by atomic mass is 35.5. The molecular weight excluding hydrogens is 324 g/mol. The predicted octanol–water partition coefficient (Wildman–Crippen LogP) is 8.47. The van der Waals surface area contributed by atoms with Crippen molar-refractivity contribution in [2.24, 2.45) is 11.3 Å². The summed E-state index contributed by atoms with van der Waals surface area (Å²) in [7, 11) is 0. The van der Waals surface area contributed by atoms with Crippen molar-refractivity contribution in [2.45, 2.75) is 104 Å². The molecule has 25 heavy (non-hydrogen) atoms. The van der Waals surface area contributed by atoms with Gasteiger partial charge in [-0.3, -0.25) is 0 Å². The van der Waals surface area contributed by atoms with Crippen LogP contribution >= 0.6 is 11.6 Å². The third-order valence-electron chi connectivity index (χ3n) is 6.12. The lowest BCUT2D eigenvalue weighted by molar-refractivity contribution is 0.142. The van der Waals surface area contributed by atoms with Gasteiger partial charge in [0.15, 0.2) is 0 Å². The highest BCUT2D eigenvalue weighted by molar-refractivity contribution is 6.24. The van der Waals surface area contributed by atoms with Gasteiger partial charge in [0.1, 0.15) is 0 Å². The van der Waals surface area contributed by atoms with Crippen molar-refractivity contribution in [1.29, 1.82) is 0 Å². The molecule has 2 atom stereocenters. The zero-order chi connectivity index (χ0) is 18.9. The van der Waals surface area contributed by atoms with E-state index < -0.39 is 0 Å². The number of halogens is 1. The van der Waals surface area contributed by atoms with E-state index in [-0.39, 0.29) is 4.87 Å². The standard InChI is InChI=1S/C10H19Cl.C8H10.C6H12/c1-8-5-6-9(2,3)10(4,11)7-8;1-7-3-5-8(2)6-4-7;1-2-4-6-5-3-1/h8H,5-7H2,1-4H3;3-6H,1-2H3;1-6H2. The van der Waals surface area contributed by atoms with E-state index in [1.807, 2.05) is 0 Å². The van der Waals surface area contributed by atoms with Gasteiger partial charge < -0.3 is 0 Å². The number of rotatable bonds is 0. The van der Waals surface area contributed by atoms with E-state index in [1.54, 1.807) is 0 Å². The van der Waals surface area contributed by atoms with Gasteiger partial charge in [0.25, 0.3) is 0 Å². The van der Waals surface area contributed by atoms with Crippen molar-refractivity contribution < 1.29 is 0 Å². The van der Waals surface area contributed by atoms with Crippen LogP contribution in [-0.4, -0.2) is 4.87 Å². The molecule has 0 heterocycles. The Hall–Kier alpha value is -0.490. The average molecular weight is 365 g/mol. The summed E-state index contributed by atoms with van der Waals surface area (Å²) >= 11 is 6.46. The summed E-state index contributed by atoms with van der Waals surface area (Å²) in [6, 6.07) is 8.48. The van der Waals surface area contributed by atoms with E-state index in [4.69, 9.17) is 11.6 Å². The zero-order valence-electron chi connectivity index (χ0n) is 17.6. The van der Waals surface area contributed by atoms with Crippen LogP contribution in [0.4, 0.5) is 0 Å². The topological polar surface area (TPSA) is 0 Å². The third kappa shape index (κ3) is 8.63. The van der Waals surface area contributed by atoms with Crippen molar-refractivity contribution in [3.8, 4) is 0 Å². The Kier molecular flexibility index (Phi) is 9.57. The molecule has 0 aromatic heterocycles. The van der Waals surface area contributed by atoms with Gasteiger partial charge in [0, 0.05) is 4.87 Å². The Labute approximate surface area is 162 Å². The first-order chi connectivity index (χ1) is 11.6. The van der Waals surface area contributed by atoms with Crippen molar-refractivity contribution in [3.05, 3.63) is 35.4 Å². The molecule has 0 amide bonds. The molecule has 2 unspecified atom stereocenters. The Morgan fingerprint density at radius 2 is 1.16 bits per heavy atom. The molecule has 0 aliphatic heterocycles. The lowest BCUT2D eigenvalue weighted by atomic mass is 9.66. The van der Waals surface area contributed by atoms with E-state index in [1.165, 1.54) is 68.9 Å². The Bertz CT molecular complexity index is 433. The molecular formula is C24H41Cl. The lowest BCUT2D eigenvalue weighted by Crippen LogP contribution is -2.42. The van der Waals surface area contributed by atoms with Gasteiger partial charge in [-0.25, -0.2) is 0 Å². The van der Waals surface area contributed by atoms with E-state index >= 15 is 0 Å². The van der Waals surface area contributed by atoms with Gasteiger partial charge in [0.2, 0.25) is 0 Å². The molecule has 2 fully saturated rings. The molecule has 0 bridgehead atoms. The summed E-state index contributed by atoms with van der Waals surface area (Å²) < 4.78 is 0. The van der Waals surface area contributed by atoms with Crippen LogP contribution in [0.1, 0.15) is 96.6 Å². The number of alkyl halides is 1. The van der Waals surface area contributed by atoms with Gasteiger partial charge in [-0.1, -0.05) is 101 Å². The van der Waals surface area contributed by atoms with E-state index in [9.17, 15) is 0 Å². The summed E-state index contributed by atoms with van der Waals surface area (Å²) in [5, 5.41) is 0. The van der Waals surface area contributed by atoms with Crippen LogP contribution in [0.2, 0.25) is 0 Å². The maximum atomic E-state index is 6.46. The average Bonchev–Trinajstić information content (AvgIpc) is 2.57. The van der Waals surface area contributed by atoms with Crippen LogP contribution in [-0.2, 0) is 0 Å².